The van der Waals surface area contributed by atoms with Crippen molar-refractivity contribution in [1.29, 1.82) is 0 Å². The Morgan fingerprint density at radius 3 is 2.78 bits per heavy atom. The average Bonchev–Trinajstić information content (AvgIpc) is 1.90. The lowest BCUT2D eigenvalue weighted by molar-refractivity contribution is 0.379. The summed E-state index contributed by atoms with van der Waals surface area (Å²) in [6.45, 7) is 4.65. The summed E-state index contributed by atoms with van der Waals surface area (Å²) >= 11 is 3.60. The van der Waals surface area contributed by atoms with Gasteiger partial charge in [-0.2, -0.15) is 0 Å². The van der Waals surface area contributed by atoms with Crippen LogP contribution in [0.4, 0.5) is 0 Å². The van der Waals surface area contributed by atoms with Crippen molar-refractivity contribution in [2.24, 2.45) is 5.92 Å². The van der Waals surface area contributed by atoms with Crippen molar-refractivity contribution in [2.45, 2.75) is 24.6 Å². The first-order valence-electron chi connectivity index (χ1n) is 3.65. The van der Waals surface area contributed by atoms with Gasteiger partial charge in [-0.15, -0.1) is 0 Å². The van der Waals surface area contributed by atoms with Gasteiger partial charge in [0.15, 0.2) is 0 Å². The summed E-state index contributed by atoms with van der Waals surface area (Å²) in [7, 11) is 0. The smallest absolute Gasteiger partial charge is 0.0157 e. The van der Waals surface area contributed by atoms with Gasteiger partial charge in [-0.1, -0.05) is 22.9 Å². The van der Waals surface area contributed by atoms with Crippen LogP contribution in [0.2, 0.25) is 0 Å². The van der Waals surface area contributed by atoms with Crippen LogP contribution in [0.3, 0.4) is 0 Å². The summed E-state index contributed by atoms with van der Waals surface area (Å²) < 4.78 is 0. The fraction of sp³-hybridized carbons (Fsp3) is 1.00. The maximum absolute atomic E-state index is 3.60. The molecule has 0 radical (unpaired) electrons. The van der Waals surface area contributed by atoms with Crippen LogP contribution in [0.15, 0.2) is 0 Å². The summed E-state index contributed by atoms with van der Waals surface area (Å²) in [5.74, 6) is 0.860. The third-order valence-electron chi connectivity index (χ3n) is 1.98. The monoisotopic (exact) mass is 191 g/mol. The van der Waals surface area contributed by atoms with Crippen molar-refractivity contribution >= 4 is 15.9 Å². The fourth-order valence-corrected chi connectivity index (χ4v) is 1.72. The van der Waals surface area contributed by atoms with E-state index in [-0.39, 0.29) is 0 Å². The van der Waals surface area contributed by atoms with E-state index in [1.807, 2.05) is 0 Å². The van der Waals surface area contributed by atoms with Gasteiger partial charge in [-0.25, -0.2) is 0 Å². The molecule has 1 fully saturated rings. The van der Waals surface area contributed by atoms with Gasteiger partial charge in [-0.3, -0.25) is 0 Å². The Labute approximate surface area is 65.3 Å². The molecule has 0 aromatic rings. The van der Waals surface area contributed by atoms with Crippen molar-refractivity contribution in [2.75, 3.05) is 13.1 Å². The lowest BCUT2D eigenvalue weighted by Crippen LogP contribution is -2.33. The predicted octanol–water partition coefficient (Wildman–Crippen LogP) is 1.77. The summed E-state index contributed by atoms with van der Waals surface area (Å²) in [4.78, 5) is 0.685. The minimum Gasteiger partial charge on any atom is -0.316 e. The molecule has 0 aromatic carbocycles. The van der Waals surface area contributed by atoms with Gasteiger partial charge in [0.2, 0.25) is 0 Å². The second-order valence-electron chi connectivity index (χ2n) is 2.78. The Hall–Kier alpha value is 0.440. The molecule has 0 aromatic heterocycles. The van der Waals surface area contributed by atoms with Crippen LogP contribution < -0.4 is 5.32 Å². The maximum atomic E-state index is 3.60. The van der Waals surface area contributed by atoms with E-state index in [0.717, 1.165) is 5.92 Å². The molecule has 0 saturated carbocycles. The highest BCUT2D eigenvalue weighted by Gasteiger charge is 2.16. The third-order valence-corrected chi connectivity index (χ3v) is 2.73. The number of piperidine rings is 1. The zero-order valence-corrected chi connectivity index (χ0v) is 7.45. The second-order valence-corrected chi connectivity index (χ2v) is 4.23. The molecule has 1 aliphatic heterocycles. The van der Waals surface area contributed by atoms with Crippen molar-refractivity contribution in [1.82, 2.24) is 5.32 Å². The lowest BCUT2D eigenvalue weighted by Gasteiger charge is -2.24. The third kappa shape index (κ3) is 2.26. The molecule has 0 amide bonds. The van der Waals surface area contributed by atoms with Crippen LogP contribution >= 0.6 is 15.9 Å². The van der Waals surface area contributed by atoms with Gasteiger partial charge in [0.1, 0.15) is 0 Å². The van der Waals surface area contributed by atoms with Gasteiger partial charge in [0.05, 0.1) is 0 Å². The molecule has 54 valence electrons. The fourth-order valence-electron chi connectivity index (χ4n) is 1.27. The first-order chi connectivity index (χ1) is 4.30. The van der Waals surface area contributed by atoms with Gasteiger partial charge >= 0.3 is 0 Å². The highest BCUT2D eigenvalue weighted by Crippen LogP contribution is 2.19. The molecule has 1 N–H and O–H groups in total. The normalized spacial score (nSPS) is 32.0. The molecule has 2 unspecified atom stereocenters. The molecule has 2 atom stereocenters. The molecule has 1 nitrogen and oxygen atoms in total. The highest BCUT2D eigenvalue weighted by molar-refractivity contribution is 9.09. The predicted molar refractivity (Wildman–Crippen MR) is 44.0 cm³/mol. The van der Waals surface area contributed by atoms with Crippen LogP contribution in [0.25, 0.3) is 0 Å². The minimum absolute atomic E-state index is 0.685. The Morgan fingerprint density at radius 2 is 2.44 bits per heavy atom. The van der Waals surface area contributed by atoms with Crippen LogP contribution in [0.5, 0.6) is 0 Å². The van der Waals surface area contributed by atoms with E-state index in [4.69, 9.17) is 0 Å². The molecule has 1 saturated heterocycles. The number of hydrogen-bond donors (Lipinski definition) is 1. The SMILES string of the molecule is CC(Br)C1CCCNC1. The summed E-state index contributed by atoms with van der Waals surface area (Å²) in [5.41, 5.74) is 0. The number of rotatable bonds is 1. The van der Waals surface area contributed by atoms with Crippen molar-refractivity contribution in [3.63, 3.8) is 0 Å². The number of halogens is 1. The molecule has 2 heteroatoms. The van der Waals surface area contributed by atoms with E-state index in [0.29, 0.717) is 4.83 Å². The van der Waals surface area contributed by atoms with Crippen molar-refractivity contribution < 1.29 is 0 Å². The molecule has 0 aliphatic carbocycles. The zero-order chi connectivity index (χ0) is 6.69. The quantitative estimate of drug-likeness (QED) is 0.624. The number of hydrogen-bond acceptors (Lipinski definition) is 1. The molecule has 9 heavy (non-hydrogen) atoms. The number of nitrogens with one attached hydrogen (secondary N) is 1. The van der Waals surface area contributed by atoms with E-state index in [2.05, 4.69) is 28.2 Å². The molecule has 0 bridgehead atoms. The van der Waals surface area contributed by atoms with Gasteiger partial charge in [-0.05, 0) is 31.8 Å². The Kier molecular flexibility index (Phi) is 2.99. The number of alkyl halides is 1. The zero-order valence-electron chi connectivity index (χ0n) is 5.86. The van der Waals surface area contributed by atoms with Crippen LogP contribution in [-0.2, 0) is 0 Å². The van der Waals surface area contributed by atoms with Gasteiger partial charge in [0, 0.05) is 4.83 Å². The molecule has 0 spiro atoms. The van der Waals surface area contributed by atoms with Crippen LogP contribution in [0.1, 0.15) is 19.8 Å². The standard InChI is InChI=1S/C7H14BrN/c1-6(8)7-3-2-4-9-5-7/h6-7,9H,2-5H2,1H3. The Morgan fingerprint density at radius 1 is 1.67 bits per heavy atom. The van der Waals surface area contributed by atoms with Crippen molar-refractivity contribution in [3.8, 4) is 0 Å². The minimum atomic E-state index is 0.685. The lowest BCUT2D eigenvalue weighted by atomic mass is 9.97. The Bertz CT molecular complexity index is 77.0. The molecule has 1 rings (SSSR count). The first kappa shape index (κ1) is 7.55. The molecular weight excluding hydrogens is 178 g/mol. The van der Waals surface area contributed by atoms with E-state index in [9.17, 15) is 0 Å². The topological polar surface area (TPSA) is 12.0 Å². The van der Waals surface area contributed by atoms with Crippen molar-refractivity contribution in [3.05, 3.63) is 0 Å². The van der Waals surface area contributed by atoms with Gasteiger partial charge in [0.25, 0.3) is 0 Å². The first-order valence-corrected chi connectivity index (χ1v) is 4.57. The highest BCUT2D eigenvalue weighted by atomic mass is 79.9. The van der Waals surface area contributed by atoms with E-state index < -0.39 is 0 Å². The average molecular weight is 192 g/mol. The summed E-state index contributed by atoms with van der Waals surface area (Å²) in [6.07, 6.45) is 2.74. The molecule has 1 aliphatic rings. The molecular formula is C7H14BrN. The summed E-state index contributed by atoms with van der Waals surface area (Å²) in [5, 5.41) is 3.39. The van der Waals surface area contributed by atoms with Crippen LogP contribution in [0, 0.1) is 5.92 Å². The maximum Gasteiger partial charge on any atom is 0.0157 e. The van der Waals surface area contributed by atoms with Gasteiger partial charge < -0.3 is 5.32 Å². The van der Waals surface area contributed by atoms with E-state index >= 15 is 0 Å². The van der Waals surface area contributed by atoms with E-state index in [1.165, 1.54) is 25.9 Å². The largest absolute Gasteiger partial charge is 0.316 e. The Balaban J connectivity index is 2.23. The second kappa shape index (κ2) is 3.57. The summed E-state index contributed by atoms with van der Waals surface area (Å²) in [6, 6.07) is 0. The van der Waals surface area contributed by atoms with Crippen LogP contribution in [-0.4, -0.2) is 17.9 Å². The van der Waals surface area contributed by atoms with E-state index in [1.54, 1.807) is 0 Å². The molecule has 1 heterocycles.